The van der Waals surface area contributed by atoms with E-state index in [1.165, 1.54) is 20.0 Å². The average molecular weight is 264 g/mol. The molecule has 0 saturated carbocycles. The molecule has 0 radical (unpaired) electrons. The van der Waals surface area contributed by atoms with Gasteiger partial charge >= 0.3 is 5.97 Å². The Morgan fingerprint density at radius 3 is 2.67 bits per heavy atom. The molecule has 1 aromatic carbocycles. The number of methoxy groups -OCH3 is 1. The molecule has 1 aliphatic rings. The zero-order valence-corrected chi connectivity index (χ0v) is 11.1. The van der Waals surface area contributed by atoms with Crippen molar-refractivity contribution in [2.24, 2.45) is 0 Å². The normalized spacial score (nSPS) is 14.4. The first-order chi connectivity index (χ1) is 8.72. The van der Waals surface area contributed by atoms with Crippen molar-refractivity contribution in [2.45, 2.75) is 12.8 Å². The highest BCUT2D eigenvalue weighted by molar-refractivity contribution is 7.80. The highest BCUT2D eigenvalue weighted by Gasteiger charge is 2.17. The Balaban J connectivity index is 2.13. The lowest BCUT2D eigenvalue weighted by molar-refractivity contribution is 0.0602. The predicted octanol–water partition coefficient (Wildman–Crippen LogP) is 2.27. The van der Waals surface area contributed by atoms with E-state index < -0.39 is 0 Å². The zero-order chi connectivity index (χ0) is 13.0. The van der Waals surface area contributed by atoms with Gasteiger partial charge in [0.25, 0.3) is 0 Å². The number of hydrogen-bond donors (Lipinski definition) is 1. The van der Waals surface area contributed by atoms with E-state index >= 15 is 0 Å². The molecule has 2 rings (SSSR count). The van der Waals surface area contributed by atoms with Crippen LogP contribution in [0.5, 0.6) is 0 Å². The van der Waals surface area contributed by atoms with Gasteiger partial charge in [-0.1, -0.05) is 12.1 Å². The van der Waals surface area contributed by atoms with Gasteiger partial charge in [0.1, 0.15) is 0 Å². The Bertz CT molecular complexity index is 456. The minimum atomic E-state index is -0.359. The lowest BCUT2D eigenvalue weighted by atomic mass is 10.2. The summed E-state index contributed by atoms with van der Waals surface area (Å²) in [7, 11) is 1.37. The number of carbonyl (C=O) groups is 1. The predicted molar refractivity (Wildman–Crippen MR) is 74.8 cm³/mol. The molecule has 0 aromatic heterocycles. The minimum absolute atomic E-state index is 0.359. The third-order valence-electron chi connectivity index (χ3n) is 2.97. The number of esters is 1. The van der Waals surface area contributed by atoms with E-state index in [2.05, 4.69) is 10.2 Å². The van der Waals surface area contributed by atoms with Crippen LogP contribution in [0.4, 0.5) is 5.69 Å². The number of likely N-dealkylation sites (tertiary alicyclic amines) is 1. The minimum Gasteiger partial charge on any atom is -0.465 e. The van der Waals surface area contributed by atoms with Crippen LogP contribution < -0.4 is 5.32 Å². The molecule has 0 bridgehead atoms. The fraction of sp³-hybridized carbons (Fsp3) is 0.385. The molecule has 0 spiro atoms. The Kier molecular flexibility index (Phi) is 4.15. The van der Waals surface area contributed by atoms with E-state index in [1.54, 1.807) is 12.1 Å². The van der Waals surface area contributed by atoms with Crippen LogP contribution in [-0.2, 0) is 4.74 Å². The van der Waals surface area contributed by atoms with Gasteiger partial charge in [-0.3, -0.25) is 0 Å². The molecule has 18 heavy (non-hydrogen) atoms. The monoisotopic (exact) mass is 264 g/mol. The van der Waals surface area contributed by atoms with Gasteiger partial charge in [-0.15, -0.1) is 0 Å². The van der Waals surface area contributed by atoms with Crippen LogP contribution in [-0.4, -0.2) is 36.2 Å². The van der Waals surface area contributed by atoms with Gasteiger partial charge < -0.3 is 15.0 Å². The number of carbonyl (C=O) groups excluding carboxylic acids is 1. The zero-order valence-electron chi connectivity index (χ0n) is 10.3. The molecule has 96 valence electrons. The van der Waals surface area contributed by atoms with Crippen molar-refractivity contribution < 1.29 is 9.53 Å². The number of rotatable bonds is 2. The molecule has 4 nitrogen and oxygen atoms in total. The Morgan fingerprint density at radius 2 is 2.00 bits per heavy atom. The molecule has 1 fully saturated rings. The smallest absolute Gasteiger partial charge is 0.339 e. The largest absolute Gasteiger partial charge is 0.465 e. The quantitative estimate of drug-likeness (QED) is 0.655. The summed E-state index contributed by atoms with van der Waals surface area (Å²) >= 11 is 5.34. The summed E-state index contributed by atoms with van der Waals surface area (Å²) in [5.74, 6) is -0.359. The van der Waals surface area contributed by atoms with Gasteiger partial charge in [0.15, 0.2) is 5.11 Å². The van der Waals surface area contributed by atoms with E-state index in [0.717, 1.165) is 13.1 Å². The van der Waals surface area contributed by atoms with E-state index in [-0.39, 0.29) is 5.97 Å². The summed E-state index contributed by atoms with van der Waals surface area (Å²) in [6, 6.07) is 7.22. The second kappa shape index (κ2) is 5.82. The van der Waals surface area contributed by atoms with Crippen LogP contribution in [0.25, 0.3) is 0 Å². The van der Waals surface area contributed by atoms with Gasteiger partial charge in [-0.25, -0.2) is 4.79 Å². The second-order valence-electron chi connectivity index (χ2n) is 4.16. The van der Waals surface area contributed by atoms with Crippen molar-refractivity contribution in [3.05, 3.63) is 29.8 Å². The number of hydrogen-bond acceptors (Lipinski definition) is 3. The van der Waals surface area contributed by atoms with Gasteiger partial charge in [-0.05, 0) is 37.2 Å². The summed E-state index contributed by atoms with van der Waals surface area (Å²) in [5.41, 5.74) is 1.20. The molecule has 1 saturated heterocycles. The number of anilines is 1. The number of thiocarbonyl (C=S) groups is 1. The van der Waals surface area contributed by atoms with Crippen molar-refractivity contribution in [3.8, 4) is 0 Å². The van der Waals surface area contributed by atoms with Crippen molar-refractivity contribution >= 4 is 29.0 Å². The lowest BCUT2D eigenvalue weighted by Crippen LogP contribution is -2.32. The number of nitrogens with zero attached hydrogens (tertiary/aromatic N) is 1. The van der Waals surface area contributed by atoms with Crippen LogP contribution in [0.15, 0.2) is 24.3 Å². The fourth-order valence-corrected chi connectivity index (χ4v) is 2.29. The summed E-state index contributed by atoms with van der Waals surface area (Å²) in [6.07, 6.45) is 2.33. The molecule has 1 N–H and O–H groups in total. The first-order valence-corrected chi connectivity index (χ1v) is 6.36. The van der Waals surface area contributed by atoms with E-state index in [1.807, 2.05) is 12.1 Å². The highest BCUT2D eigenvalue weighted by Crippen LogP contribution is 2.18. The van der Waals surface area contributed by atoms with Crippen LogP contribution in [0.2, 0.25) is 0 Å². The lowest BCUT2D eigenvalue weighted by Gasteiger charge is -2.20. The number of ether oxygens (including phenoxy) is 1. The van der Waals surface area contributed by atoms with Crippen LogP contribution in [0, 0.1) is 0 Å². The van der Waals surface area contributed by atoms with Gasteiger partial charge in [0.05, 0.1) is 18.4 Å². The van der Waals surface area contributed by atoms with Crippen molar-refractivity contribution in [1.82, 2.24) is 4.90 Å². The Hall–Kier alpha value is -1.62. The van der Waals surface area contributed by atoms with Crippen LogP contribution >= 0.6 is 12.2 Å². The van der Waals surface area contributed by atoms with E-state index in [9.17, 15) is 4.79 Å². The number of nitrogens with one attached hydrogen (secondary N) is 1. The van der Waals surface area contributed by atoms with Crippen molar-refractivity contribution in [2.75, 3.05) is 25.5 Å². The standard InChI is InChI=1S/C13H16N2O2S/c1-17-12(16)10-6-2-3-7-11(10)14-13(18)15-8-4-5-9-15/h2-3,6-7H,4-5,8-9H2,1H3,(H,14,18). The van der Waals surface area contributed by atoms with E-state index in [4.69, 9.17) is 17.0 Å². The molecular weight excluding hydrogens is 248 g/mol. The van der Waals surface area contributed by atoms with Crippen LogP contribution in [0.1, 0.15) is 23.2 Å². The maximum absolute atomic E-state index is 11.6. The van der Waals surface area contributed by atoms with Crippen molar-refractivity contribution in [3.63, 3.8) is 0 Å². The molecule has 1 heterocycles. The third-order valence-corrected chi connectivity index (χ3v) is 3.33. The number of para-hydroxylation sites is 1. The van der Waals surface area contributed by atoms with Gasteiger partial charge in [-0.2, -0.15) is 0 Å². The molecule has 0 atom stereocenters. The maximum Gasteiger partial charge on any atom is 0.339 e. The fourth-order valence-electron chi connectivity index (χ4n) is 1.99. The topological polar surface area (TPSA) is 41.6 Å². The van der Waals surface area contributed by atoms with Crippen molar-refractivity contribution in [1.29, 1.82) is 0 Å². The highest BCUT2D eigenvalue weighted by atomic mass is 32.1. The maximum atomic E-state index is 11.6. The first kappa shape index (κ1) is 12.8. The molecule has 1 aliphatic heterocycles. The number of benzene rings is 1. The SMILES string of the molecule is COC(=O)c1ccccc1NC(=S)N1CCCC1. The Labute approximate surface area is 112 Å². The van der Waals surface area contributed by atoms with Crippen LogP contribution in [0.3, 0.4) is 0 Å². The summed E-state index contributed by atoms with van der Waals surface area (Å²) in [4.78, 5) is 13.7. The third kappa shape index (κ3) is 2.79. The second-order valence-corrected chi connectivity index (χ2v) is 4.55. The molecular formula is C13H16N2O2S. The van der Waals surface area contributed by atoms with Gasteiger partial charge in [0.2, 0.25) is 0 Å². The molecule has 0 aliphatic carbocycles. The average Bonchev–Trinajstić information content (AvgIpc) is 2.92. The van der Waals surface area contributed by atoms with Gasteiger partial charge in [0, 0.05) is 13.1 Å². The molecule has 1 aromatic rings. The summed E-state index contributed by atoms with van der Waals surface area (Å²) < 4.78 is 4.75. The molecule has 0 amide bonds. The Morgan fingerprint density at radius 1 is 1.33 bits per heavy atom. The molecule has 5 heteroatoms. The summed E-state index contributed by atoms with van der Waals surface area (Å²) in [5, 5.41) is 3.79. The first-order valence-electron chi connectivity index (χ1n) is 5.95. The van der Waals surface area contributed by atoms with E-state index in [0.29, 0.717) is 16.4 Å². The summed E-state index contributed by atoms with van der Waals surface area (Å²) in [6.45, 7) is 1.96. The molecule has 0 unspecified atom stereocenters.